The fourth-order valence-electron chi connectivity index (χ4n) is 1.41. The van der Waals surface area contributed by atoms with Crippen molar-refractivity contribution in [2.24, 2.45) is 0 Å². The van der Waals surface area contributed by atoms with E-state index in [9.17, 15) is 4.79 Å². The number of nitrogens with zero attached hydrogens (tertiary/aromatic N) is 1. The predicted molar refractivity (Wildman–Crippen MR) is 67.9 cm³/mol. The Balaban J connectivity index is 1.95. The first-order valence-corrected chi connectivity index (χ1v) is 6.17. The second-order valence-electron chi connectivity index (χ2n) is 3.61. The van der Waals surface area contributed by atoms with Crippen LogP contribution in [0.15, 0.2) is 18.3 Å². The highest BCUT2D eigenvalue weighted by Crippen LogP contribution is 2.17. The van der Waals surface area contributed by atoms with E-state index in [2.05, 4.69) is 22.4 Å². The van der Waals surface area contributed by atoms with Crippen LogP contribution in [0.3, 0.4) is 0 Å². The van der Waals surface area contributed by atoms with Crippen molar-refractivity contribution in [2.45, 2.75) is 19.9 Å². The number of H-pyrrole nitrogens is 1. The molecule has 0 aliphatic carbocycles. The molecule has 4 N–H and O–H groups in total. The number of thiophene rings is 1. The molecule has 0 atom stereocenters. The number of nitrogens with one attached hydrogen (secondary N) is 2. The lowest BCUT2D eigenvalue weighted by Crippen LogP contribution is -2.22. The first-order chi connectivity index (χ1) is 8.20. The number of aromatic nitrogens is 2. The largest absolute Gasteiger partial charge is 0.384 e. The number of hydrogen-bond acceptors (Lipinski definition) is 4. The smallest absolute Gasteiger partial charge is 0.261 e. The number of hydrogen-bond donors (Lipinski definition) is 3. The first-order valence-electron chi connectivity index (χ1n) is 5.35. The van der Waals surface area contributed by atoms with E-state index in [4.69, 9.17) is 5.73 Å². The SMILES string of the molecule is CCc1ccc(C(=O)NCc2cn[nH]c2N)s1. The third-order valence-corrected chi connectivity index (χ3v) is 3.65. The zero-order valence-electron chi connectivity index (χ0n) is 9.49. The molecule has 0 aromatic carbocycles. The average Bonchev–Trinajstić information content (AvgIpc) is 2.94. The summed E-state index contributed by atoms with van der Waals surface area (Å²) in [6.07, 6.45) is 2.56. The Morgan fingerprint density at radius 1 is 1.59 bits per heavy atom. The molecule has 1 amide bonds. The number of carbonyl (C=O) groups is 1. The Bertz CT molecular complexity index is 517. The molecule has 2 aromatic rings. The first kappa shape index (κ1) is 11.7. The number of nitrogen functional groups attached to an aromatic ring is 1. The molecule has 0 unspecified atom stereocenters. The number of amides is 1. The van der Waals surface area contributed by atoms with Gasteiger partial charge in [-0.1, -0.05) is 6.92 Å². The van der Waals surface area contributed by atoms with Crippen molar-refractivity contribution in [3.63, 3.8) is 0 Å². The molecule has 0 aliphatic rings. The monoisotopic (exact) mass is 250 g/mol. The van der Waals surface area contributed by atoms with Crippen LogP contribution in [-0.2, 0) is 13.0 Å². The maximum atomic E-state index is 11.8. The van der Waals surface area contributed by atoms with Crippen molar-refractivity contribution in [1.82, 2.24) is 15.5 Å². The normalized spacial score (nSPS) is 10.4. The summed E-state index contributed by atoms with van der Waals surface area (Å²) in [5.74, 6) is 0.418. The lowest BCUT2D eigenvalue weighted by Gasteiger charge is -2.01. The van der Waals surface area contributed by atoms with Gasteiger partial charge in [0.2, 0.25) is 0 Å². The lowest BCUT2D eigenvalue weighted by molar-refractivity contribution is 0.0955. The van der Waals surface area contributed by atoms with Crippen molar-refractivity contribution < 1.29 is 4.79 Å². The number of aryl methyl sites for hydroxylation is 1. The molecule has 90 valence electrons. The summed E-state index contributed by atoms with van der Waals surface area (Å²) >= 11 is 1.52. The summed E-state index contributed by atoms with van der Waals surface area (Å²) in [5.41, 5.74) is 6.42. The minimum Gasteiger partial charge on any atom is -0.384 e. The van der Waals surface area contributed by atoms with Gasteiger partial charge in [-0.3, -0.25) is 9.89 Å². The lowest BCUT2D eigenvalue weighted by atomic mass is 10.3. The number of nitrogens with two attached hydrogens (primary N) is 1. The predicted octanol–water partition coefficient (Wildman–Crippen LogP) is 1.55. The van der Waals surface area contributed by atoms with Gasteiger partial charge >= 0.3 is 0 Å². The van der Waals surface area contributed by atoms with Gasteiger partial charge in [-0.25, -0.2) is 0 Å². The minimum absolute atomic E-state index is 0.0738. The van der Waals surface area contributed by atoms with Crippen molar-refractivity contribution in [3.8, 4) is 0 Å². The number of anilines is 1. The van der Waals surface area contributed by atoms with Gasteiger partial charge in [0.1, 0.15) is 5.82 Å². The third-order valence-electron chi connectivity index (χ3n) is 2.42. The van der Waals surface area contributed by atoms with Crippen LogP contribution < -0.4 is 11.1 Å². The van der Waals surface area contributed by atoms with Crippen LogP contribution in [0.25, 0.3) is 0 Å². The summed E-state index contributed by atoms with van der Waals surface area (Å²) < 4.78 is 0. The van der Waals surface area contributed by atoms with Gasteiger partial charge < -0.3 is 11.1 Å². The summed E-state index contributed by atoms with van der Waals surface area (Å²) in [6, 6.07) is 3.82. The van der Waals surface area contributed by atoms with Crippen LogP contribution in [0, 0.1) is 0 Å². The number of carbonyl (C=O) groups excluding carboxylic acids is 1. The molecule has 2 heterocycles. The van der Waals surface area contributed by atoms with E-state index in [0.717, 1.165) is 16.9 Å². The highest BCUT2D eigenvalue weighted by atomic mass is 32.1. The van der Waals surface area contributed by atoms with E-state index < -0.39 is 0 Å². The van der Waals surface area contributed by atoms with Crippen LogP contribution in [0.4, 0.5) is 5.82 Å². The summed E-state index contributed by atoms with van der Waals surface area (Å²) in [6.45, 7) is 2.46. The Kier molecular flexibility index (Phi) is 3.43. The number of aromatic amines is 1. The molecular weight excluding hydrogens is 236 g/mol. The van der Waals surface area contributed by atoms with Gasteiger partial charge in [0.15, 0.2) is 0 Å². The van der Waals surface area contributed by atoms with Crippen molar-refractivity contribution in [2.75, 3.05) is 5.73 Å². The van der Waals surface area contributed by atoms with E-state index in [0.29, 0.717) is 12.4 Å². The average molecular weight is 250 g/mol. The minimum atomic E-state index is -0.0738. The van der Waals surface area contributed by atoms with E-state index in [1.807, 2.05) is 12.1 Å². The molecule has 5 nitrogen and oxygen atoms in total. The van der Waals surface area contributed by atoms with Gasteiger partial charge in [0, 0.05) is 17.0 Å². The van der Waals surface area contributed by atoms with Crippen molar-refractivity contribution in [1.29, 1.82) is 0 Å². The van der Waals surface area contributed by atoms with Crippen LogP contribution in [0.5, 0.6) is 0 Å². The van der Waals surface area contributed by atoms with Gasteiger partial charge in [-0.05, 0) is 18.6 Å². The highest BCUT2D eigenvalue weighted by molar-refractivity contribution is 7.14. The zero-order chi connectivity index (χ0) is 12.3. The summed E-state index contributed by atoms with van der Waals surface area (Å²) in [4.78, 5) is 13.7. The van der Waals surface area contributed by atoms with E-state index in [1.54, 1.807) is 6.20 Å². The van der Waals surface area contributed by atoms with Gasteiger partial charge in [-0.2, -0.15) is 5.10 Å². The van der Waals surface area contributed by atoms with Crippen LogP contribution in [-0.4, -0.2) is 16.1 Å². The van der Waals surface area contributed by atoms with Crippen LogP contribution in [0.1, 0.15) is 27.0 Å². The van der Waals surface area contributed by atoms with Crippen LogP contribution >= 0.6 is 11.3 Å². The molecule has 0 fully saturated rings. The van der Waals surface area contributed by atoms with Crippen LogP contribution in [0.2, 0.25) is 0 Å². The highest BCUT2D eigenvalue weighted by Gasteiger charge is 2.09. The topological polar surface area (TPSA) is 83.8 Å². The molecule has 6 heteroatoms. The maximum absolute atomic E-state index is 11.8. The Morgan fingerprint density at radius 2 is 2.41 bits per heavy atom. The van der Waals surface area contributed by atoms with Gasteiger partial charge in [0.05, 0.1) is 11.1 Å². The van der Waals surface area contributed by atoms with Crippen molar-refractivity contribution >= 4 is 23.1 Å². The molecule has 0 aliphatic heterocycles. The van der Waals surface area contributed by atoms with Crippen molar-refractivity contribution in [3.05, 3.63) is 33.6 Å². The molecule has 2 aromatic heterocycles. The molecule has 0 radical (unpaired) electrons. The Labute approximate surface area is 103 Å². The third kappa shape index (κ3) is 2.65. The quantitative estimate of drug-likeness (QED) is 0.769. The van der Waals surface area contributed by atoms with Gasteiger partial charge in [0.25, 0.3) is 5.91 Å². The molecule has 0 bridgehead atoms. The Morgan fingerprint density at radius 3 is 3.00 bits per heavy atom. The molecule has 0 saturated carbocycles. The molecule has 0 spiro atoms. The fraction of sp³-hybridized carbons (Fsp3) is 0.273. The summed E-state index contributed by atoms with van der Waals surface area (Å²) in [7, 11) is 0. The van der Waals surface area contributed by atoms with E-state index >= 15 is 0 Å². The fourth-order valence-corrected chi connectivity index (χ4v) is 2.28. The van der Waals surface area contributed by atoms with E-state index in [-0.39, 0.29) is 5.91 Å². The maximum Gasteiger partial charge on any atom is 0.261 e. The van der Waals surface area contributed by atoms with E-state index in [1.165, 1.54) is 16.2 Å². The molecular formula is C11H14N4OS. The molecule has 2 rings (SSSR count). The summed E-state index contributed by atoms with van der Waals surface area (Å²) in [5, 5.41) is 9.23. The number of rotatable bonds is 4. The molecule has 0 saturated heterocycles. The second kappa shape index (κ2) is 5.01. The molecule has 17 heavy (non-hydrogen) atoms. The second-order valence-corrected chi connectivity index (χ2v) is 4.78. The van der Waals surface area contributed by atoms with Gasteiger partial charge in [-0.15, -0.1) is 11.3 Å². The Hall–Kier alpha value is -1.82. The zero-order valence-corrected chi connectivity index (χ0v) is 10.3. The standard InChI is InChI=1S/C11H14N4OS/c1-2-8-3-4-9(17-8)11(16)13-5-7-6-14-15-10(7)12/h3-4,6H,2,5H2,1H3,(H,13,16)(H3,12,14,15).